The number of carbonyl (C=O) groups is 1. The van der Waals surface area contributed by atoms with Crippen LogP contribution in [0.3, 0.4) is 0 Å². The first-order valence-electron chi connectivity index (χ1n) is 11.6. The van der Waals surface area contributed by atoms with Crippen LogP contribution >= 0.6 is 0 Å². The Balaban J connectivity index is 1.94. The van der Waals surface area contributed by atoms with Crippen LogP contribution in [-0.2, 0) is 19.4 Å². The van der Waals surface area contributed by atoms with Gasteiger partial charge < -0.3 is 9.75 Å². The first-order valence-corrected chi connectivity index (χ1v) is 13.1. The summed E-state index contributed by atoms with van der Waals surface area (Å²) in [6.07, 6.45) is 3.04. The Morgan fingerprint density at radius 2 is 1.74 bits per heavy atom. The molecule has 0 amide bonds. The van der Waals surface area contributed by atoms with Crippen LogP contribution in [0.1, 0.15) is 37.7 Å². The second-order valence-electron chi connectivity index (χ2n) is 8.81. The molecule has 1 fully saturated rings. The quantitative estimate of drug-likeness (QED) is 0.336. The number of hydrazine groups is 1. The van der Waals surface area contributed by atoms with E-state index in [4.69, 9.17) is 4.74 Å². The lowest BCUT2D eigenvalue weighted by atomic mass is 9.83. The van der Waals surface area contributed by atoms with Gasteiger partial charge in [0.05, 0.1) is 34.3 Å². The van der Waals surface area contributed by atoms with Gasteiger partial charge in [0.2, 0.25) is 0 Å². The Labute approximate surface area is 205 Å². The maximum Gasteiger partial charge on any atom is 0.336 e. The van der Waals surface area contributed by atoms with Crippen LogP contribution < -0.4 is 0 Å². The molecule has 2 atom stereocenters. The van der Waals surface area contributed by atoms with Crippen LogP contribution in [0.25, 0.3) is 0 Å². The number of non-ortho nitro benzene ring substituents is 1. The summed E-state index contributed by atoms with van der Waals surface area (Å²) in [5.41, 5.74) is 1.03. The number of hydrogen-bond acceptors (Lipinski definition) is 8. The van der Waals surface area contributed by atoms with Crippen molar-refractivity contribution in [2.75, 3.05) is 26.7 Å². The molecule has 0 radical (unpaired) electrons. The lowest BCUT2D eigenvalue weighted by Gasteiger charge is -2.46. The van der Waals surface area contributed by atoms with Crippen molar-refractivity contribution < 1.29 is 22.9 Å². The minimum atomic E-state index is -3.94. The van der Waals surface area contributed by atoms with Crippen molar-refractivity contribution in [3.8, 4) is 0 Å². The van der Waals surface area contributed by atoms with Gasteiger partial charge in [-0.05, 0) is 37.5 Å². The van der Waals surface area contributed by atoms with Gasteiger partial charge in [-0.2, -0.15) is 0 Å². The maximum atomic E-state index is 14.0. The summed E-state index contributed by atoms with van der Waals surface area (Å²) >= 11 is 0. The molecular weight excluding hydrogens is 470 g/mol. The predicted molar refractivity (Wildman–Crippen MR) is 130 cm³/mol. The van der Waals surface area contributed by atoms with Crippen LogP contribution in [0.4, 0.5) is 5.69 Å². The second-order valence-corrected chi connectivity index (χ2v) is 11.0. The number of allylic oxidation sites excluding steroid dienone is 1. The Morgan fingerprint density at radius 3 is 2.37 bits per heavy atom. The number of piperidine rings is 1. The van der Waals surface area contributed by atoms with E-state index in [1.807, 2.05) is 5.01 Å². The first kappa shape index (κ1) is 24.9. The summed E-state index contributed by atoms with van der Waals surface area (Å²) < 4.78 is 33.2. The number of sulfone groups is 1. The fourth-order valence-corrected chi connectivity index (χ4v) is 6.94. The van der Waals surface area contributed by atoms with Crippen LogP contribution in [-0.4, -0.2) is 61.3 Å². The van der Waals surface area contributed by atoms with Crippen LogP contribution in [0.2, 0.25) is 0 Å². The third-order valence-electron chi connectivity index (χ3n) is 6.80. The van der Waals surface area contributed by atoms with Gasteiger partial charge in [-0.1, -0.05) is 36.8 Å². The molecule has 2 aromatic carbocycles. The maximum absolute atomic E-state index is 14.0. The molecule has 0 aliphatic carbocycles. The van der Waals surface area contributed by atoms with Crippen molar-refractivity contribution in [3.05, 3.63) is 81.5 Å². The molecule has 0 aromatic heterocycles. The second kappa shape index (κ2) is 10.2. The molecule has 0 spiro atoms. The summed E-state index contributed by atoms with van der Waals surface area (Å²) in [5.74, 6) is -1.58. The van der Waals surface area contributed by atoms with E-state index in [0.717, 1.165) is 32.4 Å². The number of esters is 1. The minimum absolute atomic E-state index is 0.122. The fourth-order valence-electron chi connectivity index (χ4n) is 5.07. The number of rotatable bonds is 6. The topological polar surface area (TPSA) is 110 Å². The van der Waals surface area contributed by atoms with E-state index in [2.05, 4.69) is 5.01 Å². The van der Waals surface area contributed by atoms with E-state index in [-0.39, 0.29) is 22.7 Å². The summed E-state index contributed by atoms with van der Waals surface area (Å²) in [6, 6.07) is 14.0. The Kier molecular flexibility index (Phi) is 7.23. The summed E-state index contributed by atoms with van der Waals surface area (Å²) in [5, 5.41) is 14.4. The molecule has 0 saturated carbocycles. The third-order valence-corrected chi connectivity index (χ3v) is 8.95. The normalized spacial score (nSPS) is 21.6. The third kappa shape index (κ3) is 4.81. The van der Waals surface area contributed by atoms with Gasteiger partial charge >= 0.3 is 5.97 Å². The first-order chi connectivity index (χ1) is 16.8. The zero-order valence-electron chi connectivity index (χ0n) is 19.8. The standard InChI is InChI=1S/C25H29N3O6S/c1-18-23(25(29)34-2)24(19-10-9-11-20(16-19)28(30)31)22(17-27(18)26-14-7-4-8-15-26)35(32,33)21-12-5-3-6-13-21/h3,5-6,9-13,16,22,24H,4,7-8,14-15,17H2,1-2H3. The summed E-state index contributed by atoms with van der Waals surface area (Å²) in [7, 11) is -2.68. The van der Waals surface area contributed by atoms with Crippen LogP contribution in [0, 0.1) is 10.1 Å². The van der Waals surface area contributed by atoms with Gasteiger partial charge in [0.15, 0.2) is 9.84 Å². The van der Waals surface area contributed by atoms with Gasteiger partial charge in [-0.15, -0.1) is 0 Å². The number of nitro benzene ring substituents is 1. The van der Waals surface area contributed by atoms with Crippen molar-refractivity contribution in [3.63, 3.8) is 0 Å². The summed E-state index contributed by atoms with van der Waals surface area (Å²) in [6.45, 7) is 3.42. The van der Waals surface area contributed by atoms with Crippen molar-refractivity contribution in [1.82, 2.24) is 10.0 Å². The molecule has 2 aliphatic rings. The van der Waals surface area contributed by atoms with Gasteiger partial charge in [-0.25, -0.2) is 18.2 Å². The van der Waals surface area contributed by atoms with Crippen LogP contribution in [0.15, 0.2) is 70.8 Å². The Bertz CT molecular complexity index is 1240. The lowest BCUT2D eigenvalue weighted by Crippen LogP contribution is -2.54. The van der Waals surface area contributed by atoms with Crippen molar-refractivity contribution in [1.29, 1.82) is 0 Å². The number of benzene rings is 2. The molecule has 9 nitrogen and oxygen atoms in total. The zero-order chi connectivity index (χ0) is 25.2. The van der Waals surface area contributed by atoms with E-state index in [0.29, 0.717) is 11.3 Å². The largest absolute Gasteiger partial charge is 0.466 e. The van der Waals surface area contributed by atoms with E-state index in [1.165, 1.54) is 37.4 Å². The Morgan fingerprint density at radius 1 is 1.06 bits per heavy atom. The van der Waals surface area contributed by atoms with Gasteiger partial charge in [0.25, 0.3) is 5.69 Å². The van der Waals surface area contributed by atoms with Gasteiger partial charge in [0.1, 0.15) is 0 Å². The molecule has 4 rings (SSSR count). The number of methoxy groups -OCH3 is 1. The van der Waals surface area contributed by atoms with E-state index in [1.54, 1.807) is 31.2 Å². The number of nitrogens with zero attached hydrogens (tertiary/aromatic N) is 3. The molecule has 186 valence electrons. The molecule has 2 aromatic rings. The molecule has 10 heteroatoms. The van der Waals surface area contributed by atoms with Gasteiger partial charge in [0, 0.05) is 36.8 Å². The predicted octanol–water partition coefficient (Wildman–Crippen LogP) is 3.68. The number of hydrogen-bond donors (Lipinski definition) is 0. The molecule has 0 bridgehead atoms. The molecule has 2 unspecified atom stereocenters. The average molecular weight is 500 g/mol. The highest BCUT2D eigenvalue weighted by molar-refractivity contribution is 7.92. The number of ether oxygens (including phenoxy) is 1. The highest BCUT2D eigenvalue weighted by Crippen LogP contribution is 2.43. The van der Waals surface area contributed by atoms with Crippen molar-refractivity contribution in [2.45, 2.75) is 42.2 Å². The molecule has 2 aliphatic heterocycles. The van der Waals surface area contributed by atoms with E-state index >= 15 is 0 Å². The van der Waals surface area contributed by atoms with E-state index < -0.39 is 31.9 Å². The molecule has 35 heavy (non-hydrogen) atoms. The molecule has 1 saturated heterocycles. The molecular formula is C25H29N3O6S. The monoisotopic (exact) mass is 499 g/mol. The average Bonchev–Trinajstić information content (AvgIpc) is 2.88. The Hall–Kier alpha value is -3.24. The highest BCUT2D eigenvalue weighted by Gasteiger charge is 2.47. The molecule has 0 N–H and O–H groups in total. The summed E-state index contributed by atoms with van der Waals surface area (Å²) in [4.78, 5) is 24.3. The van der Waals surface area contributed by atoms with Gasteiger partial charge in [-0.3, -0.25) is 10.1 Å². The van der Waals surface area contributed by atoms with Crippen molar-refractivity contribution in [2.24, 2.45) is 0 Å². The highest BCUT2D eigenvalue weighted by atomic mass is 32.2. The smallest absolute Gasteiger partial charge is 0.336 e. The lowest BCUT2D eigenvalue weighted by molar-refractivity contribution is -0.384. The number of nitro groups is 1. The SMILES string of the molecule is COC(=O)C1=C(C)N(N2CCCCC2)CC(S(=O)(=O)c2ccccc2)C1c1cccc([N+](=O)[O-])c1. The zero-order valence-corrected chi connectivity index (χ0v) is 20.6. The van der Waals surface area contributed by atoms with Crippen molar-refractivity contribution >= 4 is 21.5 Å². The number of carbonyl (C=O) groups excluding carboxylic acids is 1. The van der Waals surface area contributed by atoms with E-state index in [9.17, 15) is 23.3 Å². The fraction of sp³-hybridized carbons (Fsp3) is 0.400. The minimum Gasteiger partial charge on any atom is -0.466 e. The molecule has 2 heterocycles. The van der Waals surface area contributed by atoms with Crippen LogP contribution in [0.5, 0.6) is 0 Å².